The maximum atomic E-state index is 5.17. The van der Waals surface area contributed by atoms with Crippen LogP contribution in [0.1, 0.15) is 33.4 Å². The molecule has 0 atom stereocenters. The Hall–Kier alpha value is -8.14. The summed E-state index contributed by atoms with van der Waals surface area (Å²) in [4.78, 5) is 12.8. The Kier molecular flexibility index (Phi) is 11.7. The number of hydrogen-bond acceptors (Lipinski definition) is 3. The van der Waals surface area contributed by atoms with E-state index in [2.05, 4.69) is 247 Å². The van der Waals surface area contributed by atoms with Crippen LogP contribution in [0, 0.1) is 41.5 Å². The zero-order chi connectivity index (χ0) is 46.0. The van der Waals surface area contributed by atoms with E-state index in [4.69, 9.17) is 9.97 Å². The molecule has 0 spiro atoms. The minimum atomic E-state index is 0.914. The van der Waals surface area contributed by atoms with E-state index < -0.39 is 0 Å². The SMILES string of the molecule is Cc1cnc(-c2cc(-c3c(C)cccc3C)cc(N(c3cc(-c4cc(-c5ccccc5)c(C)cn4)cc(-c4c(C)cccc4C)c3)c3ccccc3-c3ccccc3)c2)cc1-c1ccccc1. The standard InChI is InChI=1S/C64H53N3/c1-42-20-18-21-43(2)63(42)53-32-51(60-38-58(46(5)40-65-60)49-26-12-8-13-27-49)34-55(36-53)67(62-31-17-16-30-57(62)48-24-10-7-11-25-48)56-35-52(33-54(37-56)64-44(3)22-19-23-45(64)4)61-39-59(47(6)41-66-61)50-28-14-9-15-29-50/h7-41H,1-6H3. The topological polar surface area (TPSA) is 29.0 Å². The average molecular weight is 864 g/mol. The van der Waals surface area contributed by atoms with E-state index in [1.165, 1.54) is 55.6 Å². The molecule has 0 saturated carbocycles. The number of rotatable bonds is 10. The highest BCUT2D eigenvalue weighted by Gasteiger charge is 2.23. The van der Waals surface area contributed by atoms with E-state index >= 15 is 0 Å². The van der Waals surface area contributed by atoms with Crippen molar-refractivity contribution in [1.29, 1.82) is 0 Å². The van der Waals surface area contributed by atoms with Crippen LogP contribution in [-0.4, -0.2) is 9.97 Å². The minimum Gasteiger partial charge on any atom is -0.310 e. The third-order valence-electron chi connectivity index (χ3n) is 13.1. The predicted octanol–water partition coefficient (Wildman–Crippen LogP) is 17.5. The number of aromatic nitrogens is 2. The number of hydrogen-bond donors (Lipinski definition) is 0. The molecule has 2 aromatic heterocycles. The summed E-state index contributed by atoms with van der Waals surface area (Å²) in [5.74, 6) is 0. The lowest BCUT2D eigenvalue weighted by Crippen LogP contribution is -2.12. The van der Waals surface area contributed by atoms with E-state index in [0.717, 1.165) is 73.0 Å². The quantitative estimate of drug-likeness (QED) is 0.137. The zero-order valence-electron chi connectivity index (χ0n) is 39.0. The van der Waals surface area contributed by atoms with E-state index in [1.807, 2.05) is 12.4 Å². The monoisotopic (exact) mass is 863 g/mol. The molecule has 0 aliphatic rings. The van der Waals surface area contributed by atoms with Crippen molar-refractivity contribution in [3.63, 3.8) is 0 Å². The molecular weight excluding hydrogens is 811 g/mol. The second-order valence-corrected chi connectivity index (χ2v) is 17.8. The van der Waals surface area contributed by atoms with Crippen LogP contribution in [0.5, 0.6) is 0 Å². The van der Waals surface area contributed by atoms with Crippen molar-refractivity contribution in [2.75, 3.05) is 4.90 Å². The summed E-state index contributed by atoms with van der Waals surface area (Å²) < 4.78 is 0. The maximum absolute atomic E-state index is 5.17. The Morgan fingerprint density at radius 3 is 1.06 bits per heavy atom. The lowest BCUT2D eigenvalue weighted by molar-refractivity contribution is 1.25. The molecule has 0 aliphatic heterocycles. The second kappa shape index (κ2) is 18.4. The van der Waals surface area contributed by atoms with Gasteiger partial charge in [-0.15, -0.1) is 0 Å². The number of nitrogens with zero attached hydrogens (tertiary/aromatic N) is 3. The first-order valence-corrected chi connectivity index (χ1v) is 23.1. The molecule has 0 radical (unpaired) electrons. The molecular formula is C64H53N3. The third-order valence-corrected chi connectivity index (χ3v) is 13.1. The lowest BCUT2D eigenvalue weighted by Gasteiger charge is -2.30. The zero-order valence-corrected chi connectivity index (χ0v) is 39.0. The van der Waals surface area contributed by atoms with Gasteiger partial charge in [-0.05, 0) is 180 Å². The van der Waals surface area contributed by atoms with E-state index in [-0.39, 0.29) is 0 Å². The Morgan fingerprint density at radius 2 is 0.642 bits per heavy atom. The Bertz CT molecular complexity index is 3180. The van der Waals surface area contributed by atoms with Crippen molar-refractivity contribution < 1.29 is 0 Å². The van der Waals surface area contributed by atoms with Gasteiger partial charge in [0.1, 0.15) is 0 Å². The van der Waals surface area contributed by atoms with Crippen molar-refractivity contribution >= 4 is 17.1 Å². The number of aryl methyl sites for hydroxylation is 6. The van der Waals surface area contributed by atoms with Crippen LogP contribution < -0.4 is 4.90 Å². The summed E-state index contributed by atoms with van der Waals surface area (Å²) in [6.45, 7) is 13.2. The summed E-state index contributed by atoms with van der Waals surface area (Å²) in [6, 6.07) is 72.5. The molecule has 0 amide bonds. The van der Waals surface area contributed by atoms with Crippen LogP contribution in [-0.2, 0) is 0 Å². The van der Waals surface area contributed by atoms with Crippen LogP contribution in [0.3, 0.4) is 0 Å². The molecule has 0 saturated heterocycles. The minimum absolute atomic E-state index is 0.914. The van der Waals surface area contributed by atoms with Crippen molar-refractivity contribution in [2.45, 2.75) is 41.5 Å². The van der Waals surface area contributed by atoms with Crippen molar-refractivity contribution in [1.82, 2.24) is 9.97 Å². The van der Waals surface area contributed by atoms with E-state index in [1.54, 1.807) is 0 Å². The van der Waals surface area contributed by atoms with Crippen molar-refractivity contribution in [2.24, 2.45) is 0 Å². The molecule has 3 nitrogen and oxygen atoms in total. The van der Waals surface area contributed by atoms with Gasteiger partial charge in [0.05, 0.1) is 17.1 Å². The molecule has 67 heavy (non-hydrogen) atoms. The van der Waals surface area contributed by atoms with Crippen LogP contribution in [0.4, 0.5) is 17.1 Å². The molecule has 2 heterocycles. The molecule has 0 bridgehead atoms. The molecule has 0 unspecified atom stereocenters. The van der Waals surface area contributed by atoms with E-state index in [9.17, 15) is 0 Å². The summed E-state index contributed by atoms with van der Waals surface area (Å²) in [6.07, 6.45) is 4.04. The Balaban J connectivity index is 1.29. The number of pyridine rings is 2. The maximum Gasteiger partial charge on any atom is 0.0709 e. The van der Waals surface area contributed by atoms with Crippen molar-refractivity contribution in [3.8, 4) is 78.1 Å². The molecule has 10 rings (SSSR count). The molecule has 0 N–H and O–H groups in total. The van der Waals surface area contributed by atoms with Gasteiger partial charge < -0.3 is 4.90 Å². The highest BCUT2D eigenvalue weighted by Crippen LogP contribution is 2.47. The fourth-order valence-corrected chi connectivity index (χ4v) is 9.78. The van der Waals surface area contributed by atoms with Crippen LogP contribution in [0.2, 0.25) is 0 Å². The third kappa shape index (κ3) is 8.60. The van der Waals surface area contributed by atoms with Gasteiger partial charge in [0.25, 0.3) is 0 Å². The lowest BCUT2D eigenvalue weighted by atomic mass is 9.91. The van der Waals surface area contributed by atoms with Gasteiger partial charge in [-0.1, -0.05) is 146 Å². The summed E-state index contributed by atoms with van der Waals surface area (Å²) in [5.41, 5.74) is 25.8. The highest BCUT2D eigenvalue weighted by molar-refractivity contribution is 5.94. The number of para-hydroxylation sites is 1. The smallest absolute Gasteiger partial charge is 0.0709 e. The molecule has 0 fully saturated rings. The van der Waals surface area contributed by atoms with Gasteiger partial charge in [0, 0.05) is 40.5 Å². The van der Waals surface area contributed by atoms with Gasteiger partial charge in [-0.2, -0.15) is 0 Å². The number of benzene rings is 8. The Morgan fingerprint density at radius 1 is 0.284 bits per heavy atom. The van der Waals surface area contributed by atoms with E-state index in [0.29, 0.717) is 0 Å². The molecule has 8 aromatic carbocycles. The normalized spacial score (nSPS) is 11.1. The number of anilines is 3. The van der Waals surface area contributed by atoms with Crippen LogP contribution in [0.25, 0.3) is 78.1 Å². The van der Waals surface area contributed by atoms with Crippen LogP contribution in [0.15, 0.2) is 213 Å². The predicted molar refractivity (Wildman–Crippen MR) is 283 cm³/mol. The van der Waals surface area contributed by atoms with Crippen LogP contribution >= 0.6 is 0 Å². The second-order valence-electron chi connectivity index (χ2n) is 17.8. The fraction of sp³-hybridized carbons (Fsp3) is 0.0938. The summed E-state index contributed by atoms with van der Waals surface area (Å²) in [5, 5.41) is 0. The summed E-state index contributed by atoms with van der Waals surface area (Å²) in [7, 11) is 0. The largest absolute Gasteiger partial charge is 0.310 e. The van der Waals surface area contributed by atoms with Gasteiger partial charge in [-0.25, -0.2) is 0 Å². The first kappa shape index (κ1) is 42.8. The van der Waals surface area contributed by atoms with Crippen molar-refractivity contribution in [3.05, 3.63) is 246 Å². The molecule has 10 aromatic rings. The fourth-order valence-electron chi connectivity index (χ4n) is 9.78. The molecule has 3 heteroatoms. The highest BCUT2D eigenvalue weighted by atomic mass is 15.1. The van der Waals surface area contributed by atoms with Gasteiger partial charge >= 0.3 is 0 Å². The molecule has 0 aliphatic carbocycles. The first-order chi connectivity index (χ1) is 32.7. The van der Waals surface area contributed by atoms with Gasteiger partial charge in [-0.3, -0.25) is 9.97 Å². The van der Waals surface area contributed by atoms with Gasteiger partial charge in [0.15, 0.2) is 0 Å². The first-order valence-electron chi connectivity index (χ1n) is 23.1. The average Bonchev–Trinajstić information content (AvgIpc) is 3.35. The molecule has 324 valence electrons. The summed E-state index contributed by atoms with van der Waals surface area (Å²) >= 11 is 0. The Labute approximate surface area is 395 Å². The van der Waals surface area contributed by atoms with Gasteiger partial charge in [0.2, 0.25) is 0 Å².